The van der Waals surface area contributed by atoms with Crippen molar-refractivity contribution in [3.05, 3.63) is 90.0 Å². The van der Waals surface area contributed by atoms with Gasteiger partial charge in [0.05, 0.1) is 12.6 Å². The largest absolute Gasteiger partial charge is 0.497 e. The third kappa shape index (κ3) is 4.50. The minimum absolute atomic E-state index is 0.264. The van der Waals surface area contributed by atoms with Crippen LogP contribution < -0.4 is 14.8 Å². The Morgan fingerprint density at radius 1 is 1.03 bits per heavy atom. The number of fused-ring (bicyclic) bond motifs is 1. The fourth-order valence-electron chi connectivity index (χ4n) is 3.01. The summed E-state index contributed by atoms with van der Waals surface area (Å²) in [5.74, 6) is 1.50. The number of rotatable bonds is 7. The van der Waals surface area contributed by atoms with Crippen LogP contribution in [0.4, 0.5) is 5.82 Å². The van der Waals surface area contributed by atoms with Gasteiger partial charge in [-0.2, -0.15) is 5.10 Å². The lowest BCUT2D eigenvalue weighted by molar-refractivity contribution is 0.102. The molecule has 0 fully saturated rings. The molecule has 30 heavy (non-hydrogen) atoms. The number of aromatic amines is 1. The molecule has 0 aliphatic heterocycles. The molecule has 0 spiro atoms. The average molecular weight is 399 g/mol. The van der Waals surface area contributed by atoms with Gasteiger partial charge in [0.2, 0.25) is 0 Å². The number of aromatic nitrogens is 2. The Bertz CT molecular complexity index is 1180. The number of H-pyrrole nitrogens is 1. The molecule has 0 radical (unpaired) electrons. The molecule has 0 aliphatic carbocycles. The molecule has 1 heterocycles. The van der Waals surface area contributed by atoms with Crippen LogP contribution in [0.2, 0.25) is 0 Å². The number of benzene rings is 3. The van der Waals surface area contributed by atoms with E-state index in [1.807, 2.05) is 60.7 Å². The molecule has 1 aromatic heterocycles. The number of nitrogens with one attached hydrogen (secondary N) is 2. The van der Waals surface area contributed by atoms with E-state index < -0.39 is 0 Å². The van der Waals surface area contributed by atoms with E-state index >= 15 is 0 Å². The van der Waals surface area contributed by atoms with Crippen molar-refractivity contribution >= 4 is 28.7 Å². The molecule has 0 bridgehead atoms. The molecule has 0 saturated heterocycles. The molecular weight excluding hydrogens is 378 g/mol. The number of methoxy groups -OCH3 is 1. The summed E-state index contributed by atoms with van der Waals surface area (Å²) in [5, 5.41) is 10.8. The number of anilines is 1. The van der Waals surface area contributed by atoms with Crippen molar-refractivity contribution in [1.82, 2.24) is 10.2 Å². The maximum Gasteiger partial charge on any atom is 0.257 e. The first kappa shape index (κ1) is 19.3. The van der Waals surface area contributed by atoms with Gasteiger partial charge in [-0.25, -0.2) is 0 Å². The second-order valence-electron chi connectivity index (χ2n) is 6.59. The standard InChI is InChI=1S/C24H21N3O3/c1-29-19-11-5-10-18(15-19)24(28)25-23-21-16-20(12-13-22(21)26-27-23)30-14-6-9-17-7-3-2-4-8-17/h2-13,15-16H,14H2,1H3,(H2,25,26,27,28)/b9-6+. The summed E-state index contributed by atoms with van der Waals surface area (Å²) < 4.78 is 11.0. The molecule has 6 nitrogen and oxygen atoms in total. The second-order valence-corrected chi connectivity index (χ2v) is 6.59. The fourth-order valence-corrected chi connectivity index (χ4v) is 3.01. The summed E-state index contributed by atoms with van der Waals surface area (Å²) in [6.45, 7) is 0.434. The summed E-state index contributed by atoms with van der Waals surface area (Å²) >= 11 is 0. The van der Waals surface area contributed by atoms with Gasteiger partial charge in [-0.3, -0.25) is 9.89 Å². The van der Waals surface area contributed by atoms with Crippen LogP contribution in [0.5, 0.6) is 11.5 Å². The van der Waals surface area contributed by atoms with Crippen LogP contribution in [0.1, 0.15) is 15.9 Å². The third-order valence-corrected chi connectivity index (χ3v) is 4.55. The number of nitrogens with zero attached hydrogens (tertiary/aromatic N) is 1. The second kappa shape index (κ2) is 8.96. The lowest BCUT2D eigenvalue weighted by Crippen LogP contribution is -2.12. The molecule has 0 unspecified atom stereocenters. The Morgan fingerprint density at radius 3 is 2.73 bits per heavy atom. The van der Waals surface area contributed by atoms with Gasteiger partial charge in [-0.1, -0.05) is 42.5 Å². The molecule has 6 heteroatoms. The predicted octanol–water partition coefficient (Wildman–Crippen LogP) is 4.92. The molecule has 0 atom stereocenters. The molecule has 0 saturated carbocycles. The van der Waals surface area contributed by atoms with E-state index in [4.69, 9.17) is 9.47 Å². The maximum absolute atomic E-state index is 12.6. The number of hydrogen-bond acceptors (Lipinski definition) is 4. The number of carbonyl (C=O) groups is 1. The van der Waals surface area contributed by atoms with Gasteiger partial charge in [0.15, 0.2) is 5.82 Å². The molecule has 4 rings (SSSR count). The van der Waals surface area contributed by atoms with E-state index in [-0.39, 0.29) is 5.91 Å². The quantitative estimate of drug-likeness (QED) is 0.463. The molecule has 150 valence electrons. The number of amides is 1. The summed E-state index contributed by atoms with van der Waals surface area (Å²) in [5.41, 5.74) is 2.42. The summed E-state index contributed by atoms with van der Waals surface area (Å²) in [6, 6.07) is 22.6. The Morgan fingerprint density at radius 2 is 1.90 bits per heavy atom. The first-order valence-corrected chi connectivity index (χ1v) is 9.51. The number of ether oxygens (including phenoxy) is 2. The van der Waals surface area contributed by atoms with E-state index in [0.29, 0.717) is 29.5 Å². The third-order valence-electron chi connectivity index (χ3n) is 4.55. The zero-order valence-corrected chi connectivity index (χ0v) is 16.5. The minimum atomic E-state index is -0.264. The van der Waals surface area contributed by atoms with Crippen LogP contribution in [-0.4, -0.2) is 29.8 Å². The highest BCUT2D eigenvalue weighted by Crippen LogP contribution is 2.26. The Labute approximate surface area is 174 Å². The van der Waals surface area contributed by atoms with Gasteiger partial charge < -0.3 is 14.8 Å². The zero-order chi connectivity index (χ0) is 20.8. The fraction of sp³-hybridized carbons (Fsp3) is 0.0833. The van der Waals surface area contributed by atoms with Crippen LogP contribution in [0, 0.1) is 0 Å². The SMILES string of the molecule is COc1cccc(C(=O)Nc2n[nH]c3ccc(OC/C=C/c4ccccc4)cc23)c1. The first-order valence-electron chi connectivity index (χ1n) is 9.51. The van der Waals surface area contributed by atoms with Crippen molar-refractivity contribution < 1.29 is 14.3 Å². The van der Waals surface area contributed by atoms with Crippen molar-refractivity contribution in [2.75, 3.05) is 19.0 Å². The number of hydrogen-bond donors (Lipinski definition) is 2. The lowest BCUT2D eigenvalue weighted by atomic mass is 10.2. The van der Waals surface area contributed by atoms with Gasteiger partial charge in [0, 0.05) is 10.9 Å². The van der Waals surface area contributed by atoms with E-state index in [1.165, 1.54) is 0 Å². The Balaban J connectivity index is 1.46. The first-order chi connectivity index (χ1) is 14.7. The van der Waals surface area contributed by atoms with E-state index in [9.17, 15) is 4.79 Å². The predicted molar refractivity (Wildman–Crippen MR) is 118 cm³/mol. The van der Waals surface area contributed by atoms with Crippen molar-refractivity contribution in [3.63, 3.8) is 0 Å². The van der Waals surface area contributed by atoms with Crippen LogP contribution in [0.25, 0.3) is 17.0 Å². The number of carbonyl (C=O) groups excluding carboxylic acids is 1. The van der Waals surface area contributed by atoms with Crippen LogP contribution >= 0.6 is 0 Å². The highest BCUT2D eigenvalue weighted by Gasteiger charge is 2.12. The topological polar surface area (TPSA) is 76.2 Å². The van der Waals surface area contributed by atoms with Gasteiger partial charge in [-0.05, 0) is 48.0 Å². The molecule has 0 aliphatic rings. The van der Waals surface area contributed by atoms with Gasteiger partial charge in [0.25, 0.3) is 5.91 Å². The Hall–Kier alpha value is -4.06. The van der Waals surface area contributed by atoms with Crippen molar-refractivity contribution in [3.8, 4) is 11.5 Å². The van der Waals surface area contributed by atoms with Gasteiger partial charge >= 0.3 is 0 Å². The molecule has 2 N–H and O–H groups in total. The van der Waals surface area contributed by atoms with Crippen LogP contribution in [0.15, 0.2) is 78.9 Å². The summed E-state index contributed by atoms with van der Waals surface area (Å²) in [7, 11) is 1.56. The summed E-state index contributed by atoms with van der Waals surface area (Å²) in [6.07, 6.45) is 3.97. The molecule has 3 aromatic carbocycles. The lowest BCUT2D eigenvalue weighted by Gasteiger charge is -2.06. The maximum atomic E-state index is 12.6. The smallest absolute Gasteiger partial charge is 0.257 e. The highest BCUT2D eigenvalue weighted by atomic mass is 16.5. The van der Waals surface area contributed by atoms with Crippen molar-refractivity contribution in [2.45, 2.75) is 0 Å². The summed E-state index contributed by atoms with van der Waals surface area (Å²) in [4.78, 5) is 12.6. The van der Waals surface area contributed by atoms with Crippen LogP contribution in [0.3, 0.4) is 0 Å². The van der Waals surface area contributed by atoms with Crippen molar-refractivity contribution in [1.29, 1.82) is 0 Å². The molecular formula is C24H21N3O3. The highest BCUT2D eigenvalue weighted by molar-refractivity contribution is 6.08. The van der Waals surface area contributed by atoms with E-state index in [0.717, 1.165) is 16.5 Å². The Kier molecular flexibility index (Phi) is 5.75. The van der Waals surface area contributed by atoms with Crippen LogP contribution in [-0.2, 0) is 0 Å². The van der Waals surface area contributed by atoms with Crippen molar-refractivity contribution in [2.24, 2.45) is 0 Å². The monoisotopic (exact) mass is 399 g/mol. The zero-order valence-electron chi connectivity index (χ0n) is 16.5. The normalized spacial score (nSPS) is 11.0. The van der Waals surface area contributed by atoms with Gasteiger partial charge in [-0.15, -0.1) is 0 Å². The van der Waals surface area contributed by atoms with E-state index in [1.54, 1.807) is 31.4 Å². The molecule has 1 amide bonds. The average Bonchev–Trinajstić information content (AvgIpc) is 3.19. The minimum Gasteiger partial charge on any atom is -0.497 e. The van der Waals surface area contributed by atoms with E-state index in [2.05, 4.69) is 15.5 Å². The molecule has 4 aromatic rings. The van der Waals surface area contributed by atoms with Gasteiger partial charge in [0.1, 0.15) is 18.1 Å².